The fraction of sp³-hybridized carbons (Fsp3) is 0.136. The average Bonchev–Trinajstić information content (AvgIpc) is 3.20. The van der Waals surface area contributed by atoms with Crippen LogP contribution in [0, 0.1) is 6.92 Å². The number of amides is 1. The molecule has 4 aromatic rings. The van der Waals surface area contributed by atoms with Gasteiger partial charge < -0.3 is 9.47 Å². The summed E-state index contributed by atoms with van der Waals surface area (Å²) in [6, 6.07) is 13.3. The Labute approximate surface area is 172 Å². The molecule has 2 aromatic heterocycles. The first-order valence-corrected chi connectivity index (χ1v) is 9.81. The summed E-state index contributed by atoms with van der Waals surface area (Å²) in [6.07, 6.45) is 1.57. The van der Waals surface area contributed by atoms with Gasteiger partial charge >= 0.3 is 0 Å². The maximum absolute atomic E-state index is 12.7. The molecule has 0 atom stereocenters. The molecular weight excluding hydrogens is 386 g/mol. The van der Waals surface area contributed by atoms with E-state index < -0.39 is 0 Å². The van der Waals surface area contributed by atoms with Crippen LogP contribution < -0.4 is 14.8 Å². The highest BCUT2D eigenvalue weighted by Gasteiger charge is 2.18. The number of nitrogens with zero attached hydrogens (tertiary/aromatic N) is 2. The number of benzene rings is 2. The van der Waals surface area contributed by atoms with Gasteiger partial charge in [-0.2, -0.15) is 0 Å². The summed E-state index contributed by atoms with van der Waals surface area (Å²) in [5.74, 6) is 1.08. The van der Waals surface area contributed by atoms with Crippen LogP contribution >= 0.6 is 11.3 Å². The Morgan fingerprint density at radius 1 is 1.07 bits per heavy atom. The van der Waals surface area contributed by atoms with Gasteiger partial charge in [-0.05, 0) is 36.8 Å². The molecule has 0 spiro atoms. The molecule has 1 amide bonds. The molecule has 146 valence electrons. The molecular formula is C22H19N3O3S. The van der Waals surface area contributed by atoms with Gasteiger partial charge in [-0.15, -0.1) is 11.3 Å². The van der Waals surface area contributed by atoms with E-state index in [-0.39, 0.29) is 5.91 Å². The van der Waals surface area contributed by atoms with Crippen molar-refractivity contribution in [2.24, 2.45) is 0 Å². The summed E-state index contributed by atoms with van der Waals surface area (Å²) in [5, 5.41) is 6.11. The number of thiazole rings is 1. The van der Waals surface area contributed by atoms with Crippen molar-refractivity contribution in [3.05, 3.63) is 65.2 Å². The number of carbonyl (C=O) groups excluding carboxylic acids is 1. The summed E-state index contributed by atoms with van der Waals surface area (Å²) in [6.45, 7) is 1.97. The molecule has 29 heavy (non-hydrogen) atoms. The largest absolute Gasteiger partial charge is 0.496 e. The topological polar surface area (TPSA) is 73.3 Å². The van der Waals surface area contributed by atoms with Crippen molar-refractivity contribution in [2.45, 2.75) is 6.92 Å². The Bertz CT molecular complexity index is 1180. The molecule has 0 unspecified atom stereocenters. The number of aromatic nitrogens is 2. The zero-order chi connectivity index (χ0) is 20.4. The standard InChI is InChI=1S/C22H19N3O3S/c1-13-8-18(27-2)20(19(9-13)28-3)17-12-29-22(24-17)25-21(26)15-10-14-6-4-5-7-16(14)23-11-15/h4-12H,1-3H3,(H,24,25,26). The number of fused-ring (bicyclic) bond motifs is 1. The van der Waals surface area contributed by atoms with Gasteiger partial charge in [0.05, 0.1) is 36.6 Å². The molecule has 2 heterocycles. The zero-order valence-corrected chi connectivity index (χ0v) is 17.0. The number of methoxy groups -OCH3 is 2. The summed E-state index contributed by atoms with van der Waals surface area (Å²) in [4.78, 5) is 21.6. The summed E-state index contributed by atoms with van der Waals surface area (Å²) < 4.78 is 11.0. The van der Waals surface area contributed by atoms with Crippen LogP contribution in [-0.2, 0) is 0 Å². The lowest BCUT2D eigenvalue weighted by Crippen LogP contribution is -2.12. The van der Waals surface area contributed by atoms with E-state index in [0.717, 1.165) is 22.0 Å². The number of para-hydroxylation sites is 1. The second-order valence-corrected chi connectivity index (χ2v) is 7.31. The highest BCUT2D eigenvalue weighted by atomic mass is 32.1. The SMILES string of the molecule is COc1cc(C)cc(OC)c1-c1csc(NC(=O)c2cnc3ccccc3c2)n1. The van der Waals surface area contributed by atoms with Crippen LogP contribution in [0.1, 0.15) is 15.9 Å². The van der Waals surface area contributed by atoms with E-state index in [1.807, 2.05) is 54.8 Å². The van der Waals surface area contributed by atoms with Gasteiger partial charge in [-0.3, -0.25) is 15.1 Å². The van der Waals surface area contributed by atoms with Crippen molar-refractivity contribution in [3.63, 3.8) is 0 Å². The molecule has 0 saturated heterocycles. The third-order valence-electron chi connectivity index (χ3n) is 4.48. The smallest absolute Gasteiger partial charge is 0.259 e. The molecule has 6 nitrogen and oxygen atoms in total. The fourth-order valence-corrected chi connectivity index (χ4v) is 3.80. The molecule has 7 heteroatoms. The first-order chi connectivity index (χ1) is 14.1. The highest BCUT2D eigenvalue weighted by molar-refractivity contribution is 7.14. The third-order valence-corrected chi connectivity index (χ3v) is 5.24. The lowest BCUT2D eigenvalue weighted by Gasteiger charge is -2.12. The van der Waals surface area contributed by atoms with Crippen LogP contribution in [0.15, 0.2) is 54.0 Å². The summed E-state index contributed by atoms with van der Waals surface area (Å²) in [7, 11) is 3.22. The first kappa shape index (κ1) is 18.9. The molecule has 0 aliphatic rings. The number of hydrogen-bond donors (Lipinski definition) is 1. The van der Waals surface area contributed by atoms with E-state index in [4.69, 9.17) is 9.47 Å². The van der Waals surface area contributed by atoms with Crippen molar-refractivity contribution in [2.75, 3.05) is 19.5 Å². The van der Waals surface area contributed by atoms with E-state index in [2.05, 4.69) is 15.3 Å². The van der Waals surface area contributed by atoms with Gasteiger partial charge in [0.15, 0.2) is 5.13 Å². The molecule has 0 saturated carbocycles. The lowest BCUT2D eigenvalue weighted by molar-refractivity contribution is 0.102. The Balaban J connectivity index is 1.62. The van der Waals surface area contributed by atoms with Crippen LogP contribution in [0.2, 0.25) is 0 Å². The Morgan fingerprint density at radius 3 is 2.52 bits per heavy atom. The van der Waals surface area contributed by atoms with E-state index in [9.17, 15) is 4.79 Å². The summed E-state index contributed by atoms with van der Waals surface area (Å²) in [5.41, 5.74) is 3.78. The molecule has 4 rings (SSSR count). The molecule has 1 N–H and O–H groups in total. The number of pyridine rings is 1. The molecule has 0 aliphatic carbocycles. The minimum atomic E-state index is -0.257. The second kappa shape index (κ2) is 7.89. The predicted molar refractivity (Wildman–Crippen MR) is 115 cm³/mol. The maximum atomic E-state index is 12.7. The van der Waals surface area contributed by atoms with Gasteiger partial charge in [-0.1, -0.05) is 18.2 Å². The number of hydrogen-bond acceptors (Lipinski definition) is 6. The van der Waals surface area contributed by atoms with Crippen LogP contribution in [0.5, 0.6) is 11.5 Å². The Hall–Kier alpha value is -3.45. The van der Waals surface area contributed by atoms with Crippen molar-refractivity contribution in [1.82, 2.24) is 9.97 Å². The quantitative estimate of drug-likeness (QED) is 0.509. The van der Waals surface area contributed by atoms with Crippen molar-refractivity contribution in [1.29, 1.82) is 0 Å². The monoisotopic (exact) mass is 405 g/mol. The van der Waals surface area contributed by atoms with Gasteiger partial charge in [-0.25, -0.2) is 4.98 Å². The van der Waals surface area contributed by atoms with Gasteiger partial charge in [0.1, 0.15) is 11.5 Å². The number of ether oxygens (including phenoxy) is 2. The predicted octanol–water partition coefficient (Wildman–Crippen LogP) is 4.94. The van der Waals surface area contributed by atoms with Crippen LogP contribution in [0.25, 0.3) is 22.2 Å². The third kappa shape index (κ3) is 3.77. The van der Waals surface area contributed by atoms with E-state index in [1.54, 1.807) is 20.4 Å². The van der Waals surface area contributed by atoms with E-state index in [0.29, 0.717) is 27.9 Å². The fourth-order valence-electron chi connectivity index (χ4n) is 3.11. The number of nitrogens with one attached hydrogen (secondary N) is 1. The minimum absolute atomic E-state index is 0.257. The Kier molecular flexibility index (Phi) is 5.14. The molecule has 2 aromatic carbocycles. The van der Waals surface area contributed by atoms with Crippen LogP contribution in [-0.4, -0.2) is 30.1 Å². The number of anilines is 1. The second-order valence-electron chi connectivity index (χ2n) is 6.45. The number of carbonyl (C=O) groups is 1. The zero-order valence-electron chi connectivity index (χ0n) is 16.2. The Morgan fingerprint density at radius 2 is 1.79 bits per heavy atom. The lowest BCUT2D eigenvalue weighted by atomic mass is 10.1. The summed E-state index contributed by atoms with van der Waals surface area (Å²) >= 11 is 1.34. The van der Waals surface area contributed by atoms with E-state index >= 15 is 0 Å². The molecule has 0 fully saturated rings. The van der Waals surface area contributed by atoms with Gasteiger partial charge in [0.25, 0.3) is 5.91 Å². The number of rotatable bonds is 5. The van der Waals surface area contributed by atoms with E-state index in [1.165, 1.54) is 11.3 Å². The van der Waals surface area contributed by atoms with Gasteiger partial charge in [0.2, 0.25) is 0 Å². The minimum Gasteiger partial charge on any atom is -0.496 e. The van der Waals surface area contributed by atoms with Gasteiger partial charge in [0, 0.05) is 17.0 Å². The van der Waals surface area contributed by atoms with Crippen molar-refractivity contribution in [3.8, 4) is 22.8 Å². The normalized spacial score (nSPS) is 10.7. The maximum Gasteiger partial charge on any atom is 0.259 e. The molecule has 0 aliphatic heterocycles. The molecule has 0 radical (unpaired) electrons. The van der Waals surface area contributed by atoms with Crippen molar-refractivity contribution < 1.29 is 14.3 Å². The highest BCUT2D eigenvalue weighted by Crippen LogP contribution is 2.40. The van der Waals surface area contributed by atoms with Crippen LogP contribution in [0.3, 0.4) is 0 Å². The number of aryl methyl sites for hydroxylation is 1. The van der Waals surface area contributed by atoms with Crippen LogP contribution in [0.4, 0.5) is 5.13 Å². The first-order valence-electron chi connectivity index (χ1n) is 8.93. The van der Waals surface area contributed by atoms with Crippen molar-refractivity contribution >= 4 is 33.3 Å². The molecule has 0 bridgehead atoms. The average molecular weight is 405 g/mol.